The second kappa shape index (κ2) is 4.82. The maximum Gasteiger partial charge on any atom is 0.0781 e. The summed E-state index contributed by atoms with van der Waals surface area (Å²) in [6, 6.07) is 18.5. The van der Waals surface area contributed by atoms with Crippen molar-refractivity contribution < 1.29 is 0 Å². The van der Waals surface area contributed by atoms with Gasteiger partial charge in [-0.3, -0.25) is 4.98 Å². The highest BCUT2D eigenvalue weighted by Gasteiger charge is 2.10. The van der Waals surface area contributed by atoms with Gasteiger partial charge in [-0.25, -0.2) is 0 Å². The summed E-state index contributed by atoms with van der Waals surface area (Å²) in [4.78, 5) is 8.85. The van der Waals surface area contributed by atoms with Crippen LogP contribution in [0.1, 0.15) is 0 Å². The zero-order valence-electron chi connectivity index (χ0n) is 11.2. The maximum absolute atomic E-state index is 6.13. The van der Waals surface area contributed by atoms with Gasteiger partial charge in [0.15, 0.2) is 0 Å². The van der Waals surface area contributed by atoms with Crippen molar-refractivity contribution in [3.8, 4) is 0 Å². The van der Waals surface area contributed by atoms with Gasteiger partial charge in [0.25, 0.3) is 0 Å². The molecule has 0 aliphatic rings. The van der Waals surface area contributed by atoms with Crippen LogP contribution in [0.3, 0.4) is 0 Å². The highest BCUT2D eigenvalue weighted by atomic mass is 32.2. The van der Waals surface area contributed by atoms with E-state index in [1.807, 2.05) is 30.3 Å². The number of anilines is 1. The minimum atomic E-state index is 0.706. The van der Waals surface area contributed by atoms with E-state index >= 15 is 0 Å². The summed E-state index contributed by atoms with van der Waals surface area (Å²) in [5.41, 5.74) is 8.94. The molecule has 0 aliphatic heterocycles. The average molecular weight is 291 g/mol. The van der Waals surface area contributed by atoms with E-state index in [1.165, 1.54) is 5.39 Å². The monoisotopic (exact) mass is 291 g/mol. The molecule has 3 nitrogen and oxygen atoms in total. The molecule has 0 fully saturated rings. The van der Waals surface area contributed by atoms with E-state index < -0.39 is 0 Å². The lowest BCUT2D eigenvalue weighted by molar-refractivity contribution is 1.23. The zero-order chi connectivity index (χ0) is 14.2. The first-order valence-electron chi connectivity index (χ1n) is 6.70. The molecule has 4 rings (SSSR count). The fourth-order valence-electron chi connectivity index (χ4n) is 2.46. The molecule has 102 valence electrons. The third-order valence-electron chi connectivity index (χ3n) is 3.47. The Labute approximate surface area is 126 Å². The summed E-state index contributed by atoms with van der Waals surface area (Å²) in [5, 5.41) is 3.37. The molecule has 0 unspecified atom stereocenters. The molecule has 0 amide bonds. The molecule has 3 N–H and O–H groups in total. The fraction of sp³-hybridized carbons (Fsp3) is 0. The highest BCUT2D eigenvalue weighted by molar-refractivity contribution is 7.99. The third-order valence-corrected chi connectivity index (χ3v) is 4.57. The van der Waals surface area contributed by atoms with E-state index in [4.69, 9.17) is 5.73 Å². The van der Waals surface area contributed by atoms with Crippen LogP contribution >= 0.6 is 11.8 Å². The van der Waals surface area contributed by atoms with Gasteiger partial charge in [0, 0.05) is 21.2 Å². The second-order valence-corrected chi connectivity index (χ2v) is 5.93. The number of aromatic amines is 1. The number of hydrogen-bond donors (Lipinski definition) is 2. The van der Waals surface area contributed by atoms with Crippen LogP contribution in [0.15, 0.2) is 70.7 Å². The summed E-state index contributed by atoms with van der Waals surface area (Å²) in [5.74, 6) is 0. The van der Waals surface area contributed by atoms with Crippen molar-refractivity contribution in [2.75, 3.05) is 5.73 Å². The Morgan fingerprint density at radius 3 is 2.71 bits per heavy atom. The Morgan fingerprint density at radius 1 is 1.00 bits per heavy atom. The second-order valence-electron chi connectivity index (χ2n) is 4.88. The number of benzene rings is 2. The van der Waals surface area contributed by atoms with Crippen molar-refractivity contribution in [2.24, 2.45) is 0 Å². The van der Waals surface area contributed by atoms with E-state index in [9.17, 15) is 0 Å². The van der Waals surface area contributed by atoms with Gasteiger partial charge in [0.2, 0.25) is 0 Å². The molecule has 0 saturated carbocycles. The van der Waals surface area contributed by atoms with Crippen LogP contribution in [-0.2, 0) is 0 Å². The molecular weight excluding hydrogens is 278 g/mol. The molecular formula is C17H13N3S. The van der Waals surface area contributed by atoms with Gasteiger partial charge in [-0.1, -0.05) is 48.2 Å². The van der Waals surface area contributed by atoms with Crippen molar-refractivity contribution in [1.29, 1.82) is 0 Å². The van der Waals surface area contributed by atoms with E-state index in [0.717, 1.165) is 26.3 Å². The number of fused-ring (bicyclic) bond motifs is 2. The number of nitrogen functional groups attached to an aromatic ring is 1. The summed E-state index contributed by atoms with van der Waals surface area (Å²) < 4.78 is 0. The number of pyridine rings is 1. The third kappa shape index (κ3) is 2.14. The van der Waals surface area contributed by atoms with Crippen molar-refractivity contribution >= 4 is 39.3 Å². The predicted molar refractivity (Wildman–Crippen MR) is 88.6 cm³/mol. The Bertz CT molecular complexity index is 910. The minimum absolute atomic E-state index is 0.706. The van der Waals surface area contributed by atoms with Gasteiger partial charge in [-0.05, 0) is 18.2 Å². The summed E-state index contributed by atoms with van der Waals surface area (Å²) in [6.07, 6.45) is 1.73. The molecule has 2 heterocycles. The molecule has 0 spiro atoms. The predicted octanol–water partition coefficient (Wildman–Crippen LogP) is 4.45. The van der Waals surface area contributed by atoms with E-state index in [0.29, 0.717) is 5.69 Å². The average Bonchev–Trinajstić information content (AvgIpc) is 2.92. The van der Waals surface area contributed by atoms with Gasteiger partial charge in [-0.15, -0.1) is 0 Å². The first-order valence-corrected chi connectivity index (χ1v) is 7.52. The molecule has 2 aromatic heterocycles. The number of nitrogens with two attached hydrogens (primary N) is 1. The highest BCUT2D eigenvalue weighted by Crippen LogP contribution is 2.37. The van der Waals surface area contributed by atoms with E-state index in [1.54, 1.807) is 18.0 Å². The van der Waals surface area contributed by atoms with E-state index in [2.05, 4.69) is 34.2 Å². The van der Waals surface area contributed by atoms with Gasteiger partial charge in [0.05, 0.1) is 22.4 Å². The number of rotatable bonds is 2. The molecule has 0 saturated heterocycles. The Hall–Kier alpha value is -2.46. The molecule has 0 radical (unpaired) electrons. The normalized spacial score (nSPS) is 11.2. The maximum atomic E-state index is 6.13. The van der Waals surface area contributed by atoms with Crippen molar-refractivity contribution in [1.82, 2.24) is 9.97 Å². The molecule has 4 aromatic rings. The molecule has 0 aliphatic carbocycles. The van der Waals surface area contributed by atoms with Crippen molar-refractivity contribution in [3.63, 3.8) is 0 Å². The largest absolute Gasteiger partial charge is 0.397 e. The lowest BCUT2D eigenvalue weighted by Crippen LogP contribution is -1.92. The first kappa shape index (κ1) is 12.3. The summed E-state index contributed by atoms with van der Waals surface area (Å²) in [7, 11) is 0. The van der Waals surface area contributed by atoms with Crippen LogP contribution in [0.5, 0.6) is 0 Å². The topological polar surface area (TPSA) is 54.7 Å². The van der Waals surface area contributed by atoms with Crippen molar-refractivity contribution in [2.45, 2.75) is 9.92 Å². The number of para-hydroxylation sites is 2. The summed E-state index contributed by atoms with van der Waals surface area (Å²) >= 11 is 1.65. The quantitative estimate of drug-likeness (QED) is 0.573. The van der Waals surface area contributed by atoms with Gasteiger partial charge in [-0.2, -0.15) is 0 Å². The molecule has 21 heavy (non-hydrogen) atoms. The van der Waals surface area contributed by atoms with Crippen LogP contribution in [0.25, 0.3) is 21.8 Å². The van der Waals surface area contributed by atoms with Crippen LogP contribution in [-0.4, -0.2) is 9.97 Å². The molecule has 0 bridgehead atoms. The molecule has 0 atom stereocenters. The van der Waals surface area contributed by atoms with Gasteiger partial charge in [0.1, 0.15) is 0 Å². The number of H-pyrrole nitrogens is 1. The molecule has 4 heteroatoms. The Morgan fingerprint density at radius 2 is 1.81 bits per heavy atom. The lowest BCUT2D eigenvalue weighted by atomic mass is 10.2. The lowest BCUT2D eigenvalue weighted by Gasteiger charge is -2.07. The molecule has 2 aromatic carbocycles. The first-order chi connectivity index (χ1) is 10.3. The van der Waals surface area contributed by atoms with Gasteiger partial charge >= 0.3 is 0 Å². The Kier molecular flexibility index (Phi) is 2.82. The number of nitrogens with one attached hydrogen (secondary N) is 1. The number of nitrogens with zero attached hydrogens (tertiary/aromatic N) is 1. The number of aromatic nitrogens is 2. The fourth-order valence-corrected chi connectivity index (χ4v) is 3.48. The Balaban J connectivity index is 1.85. The van der Waals surface area contributed by atoms with Gasteiger partial charge < -0.3 is 10.7 Å². The standard InChI is InChI=1S/C17H13N3S/c18-13-10-19-15-8-4-2-6-12(15)17(13)21-16-9-11-5-1-3-7-14(11)20-16/h1-10,20H,18H2. The van der Waals surface area contributed by atoms with Crippen LogP contribution in [0, 0.1) is 0 Å². The van der Waals surface area contributed by atoms with E-state index in [-0.39, 0.29) is 0 Å². The zero-order valence-corrected chi connectivity index (χ0v) is 12.0. The van der Waals surface area contributed by atoms with Crippen LogP contribution < -0.4 is 5.73 Å². The smallest absolute Gasteiger partial charge is 0.0781 e. The minimum Gasteiger partial charge on any atom is -0.397 e. The van der Waals surface area contributed by atoms with Crippen molar-refractivity contribution in [3.05, 3.63) is 60.8 Å². The SMILES string of the molecule is Nc1cnc2ccccc2c1Sc1cc2ccccc2[nH]1. The van der Waals surface area contributed by atoms with Crippen LogP contribution in [0.2, 0.25) is 0 Å². The summed E-state index contributed by atoms with van der Waals surface area (Å²) in [6.45, 7) is 0. The number of hydrogen-bond acceptors (Lipinski definition) is 3. The van der Waals surface area contributed by atoms with Crippen LogP contribution in [0.4, 0.5) is 5.69 Å².